The van der Waals surface area contributed by atoms with Crippen LogP contribution in [0, 0.1) is 13.8 Å². The van der Waals surface area contributed by atoms with Gasteiger partial charge < -0.3 is 15.6 Å². The number of hydrogen-bond donors (Lipinski definition) is 2. The van der Waals surface area contributed by atoms with Crippen LogP contribution in [0.3, 0.4) is 0 Å². The first-order valence-corrected chi connectivity index (χ1v) is 5.60. The van der Waals surface area contributed by atoms with E-state index in [0.717, 1.165) is 28.9 Å². The number of aromatic hydroxyl groups is 1. The third kappa shape index (κ3) is 2.30. The molecule has 1 atom stereocenters. The first-order chi connectivity index (χ1) is 7.52. The van der Waals surface area contributed by atoms with Crippen molar-refractivity contribution in [1.82, 2.24) is 0 Å². The van der Waals surface area contributed by atoms with Gasteiger partial charge in [0.2, 0.25) is 0 Å². The van der Waals surface area contributed by atoms with Gasteiger partial charge in [0.05, 0.1) is 7.11 Å². The summed E-state index contributed by atoms with van der Waals surface area (Å²) < 4.78 is 5.22. The lowest BCUT2D eigenvalue weighted by Crippen LogP contribution is -2.07. The maximum Gasteiger partial charge on any atom is 0.125 e. The number of nitrogens with two attached hydrogens (primary N) is 1. The van der Waals surface area contributed by atoms with E-state index in [2.05, 4.69) is 6.92 Å². The highest BCUT2D eigenvalue weighted by molar-refractivity contribution is 5.53. The minimum absolute atomic E-state index is 0.273. The van der Waals surface area contributed by atoms with Gasteiger partial charge in [0, 0.05) is 11.1 Å². The molecule has 1 aromatic carbocycles. The topological polar surface area (TPSA) is 55.5 Å². The second kappa shape index (κ2) is 5.21. The number of hydrogen-bond acceptors (Lipinski definition) is 3. The van der Waals surface area contributed by atoms with E-state index in [1.807, 2.05) is 19.9 Å². The summed E-state index contributed by atoms with van der Waals surface area (Å²) in [6.07, 6.45) is 0.875. The van der Waals surface area contributed by atoms with Gasteiger partial charge in [-0.3, -0.25) is 0 Å². The summed E-state index contributed by atoms with van der Waals surface area (Å²) in [6, 6.07) is 1.97. The standard InChI is InChI=1S/C13H21NO2/c1-8(5-6-14)12-9(2)7-11(16-4)10(3)13(12)15/h7-8,15H,5-6,14H2,1-4H3. The SMILES string of the molecule is COc1cc(C)c(C(C)CCN)c(O)c1C. The van der Waals surface area contributed by atoms with E-state index in [1.54, 1.807) is 7.11 Å². The first-order valence-electron chi connectivity index (χ1n) is 5.60. The predicted octanol–water partition coefficient (Wildman–Crippen LogP) is 2.47. The van der Waals surface area contributed by atoms with Gasteiger partial charge in [-0.2, -0.15) is 0 Å². The molecule has 0 saturated carbocycles. The van der Waals surface area contributed by atoms with Gasteiger partial charge >= 0.3 is 0 Å². The molecule has 0 spiro atoms. The third-order valence-electron chi connectivity index (χ3n) is 3.06. The van der Waals surface area contributed by atoms with Crippen LogP contribution < -0.4 is 10.5 Å². The molecule has 1 unspecified atom stereocenters. The van der Waals surface area contributed by atoms with E-state index >= 15 is 0 Å². The molecular weight excluding hydrogens is 202 g/mol. The van der Waals surface area contributed by atoms with Crippen molar-refractivity contribution in [2.24, 2.45) is 5.73 Å². The summed E-state index contributed by atoms with van der Waals surface area (Å²) in [4.78, 5) is 0. The third-order valence-corrected chi connectivity index (χ3v) is 3.06. The van der Waals surface area contributed by atoms with Crippen LogP contribution >= 0.6 is 0 Å². The summed E-state index contributed by atoms with van der Waals surface area (Å²) >= 11 is 0. The minimum atomic E-state index is 0.273. The Balaban J connectivity index is 3.24. The number of phenols is 1. The molecule has 0 fully saturated rings. The summed E-state index contributed by atoms with van der Waals surface area (Å²) in [6.45, 7) is 6.57. The molecule has 90 valence electrons. The Kier molecular flexibility index (Phi) is 4.19. The van der Waals surface area contributed by atoms with Crippen molar-refractivity contribution in [2.75, 3.05) is 13.7 Å². The van der Waals surface area contributed by atoms with E-state index in [0.29, 0.717) is 12.3 Å². The van der Waals surface area contributed by atoms with Crippen LogP contribution in [0.5, 0.6) is 11.5 Å². The van der Waals surface area contributed by atoms with E-state index in [9.17, 15) is 5.11 Å². The predicted molar refractivity (Wildman–Crippen MR) is 66.2 cm³/mol. The summed E-state index contributed by atoms with van der Waals surface area (Å²) in [5, 5.41) is 10.2. The first kappa shape index (κ1) is 12.8. The van der Waals surface area contributed by atoms with Gasteiger partial charge in [-0.15, -0.1) is 0 Å². The lowest BCUT2D eigenvalue weighted by atomic mass is 9.90. The zero-order valence-corrected chi connectivity index (χ0v) is 10.5. The van der Waals surface area contributed by atoms with E-state index in [4.69, 9.17) is 10.5 Å². The molecule has 0 radical (unpaired) electrons. The van der Waals surface area contributed by atoms with Crippen molar-refractivity contribution < 1.29 is 9.84 Å². The fourth-order valence-corrected chi connectivity index (χ4v) is 2.12. The van der Waals surface area contributed by atoms with Gasteiger partial charge in [0.25, 0.3) is 0 Å². The van der Waals surface area contributed by atoms with Gasteiger partial charge in [0.15, 0.2) is 0 Å². The molecule has 1 rings (SSSR count). The fourth-order valence-electron chi connectivity index (χ4n) is 2.12. The quantitative estimate of drug-likeness (QED) is 0.824. The van der Waals surface area contributed by atoms with Crippen LogP contribution in [0.4, 0.5) is 0 Å². The maximum absolute atomic E-state index is 10.2. The average molecular weight is 223 g/mol. The van der Waals surface area contributed by atoms with Crippen molar-refractivity contribution in [3.63, 3.8) is 0 Å². The molecule has 0 heterocycles. The van der Waals surface area contributed by atoms with Crippen LogP contribution in [0.15, 0.2) is 6.07 Å². The summed E-state index contributed by atoms with van der Waals surface area (Å²) in [5.74, 6) is 1.35. The molecule has 0 aliphatic rings. The number of aryl methyl sites for hydroxylation is 1. The molecule has 0 amide bonds. The molecule has 0 bridgehead atoms. The summed E-state index contributed by atoms with van der Waals surface area (Å²) in [5.41, 5.74) is 8.40. The zero-order valence-electron chi connectivity index (χ0n) is 10.5. The van der Waals surface area contributed by atoms with Crippen LogP contribution in [-0.4, -0.2) is 18.8 Å². The zero-order chi connectivity index (χ0) is 12.3. The molecule has 3 nitrogen and oxygen atoms in total. The molecule has 1 aromatic rings. The number of benzene rings is 1. The molecule has 16 heavy (non-hydrogen) atoms. The van der Waals surface area contributed by atoms with Crippen LogP contribution in [0.2, 0.25) is 0 Å². The van der Waals surface area contributed by atoms with Gasteiger partial charge in [-0.1, -0.05) is 6.92 Å². The smallest absolute Gasteiger partial charge is 0.125 e. The Hall–Kier alpha value is -1.22. The van der Waals surface area contributed by atoms with Crippen LogP contribution in [0.1, 0.15) is 36.0 Å². The van der Waals surface area contributed by atoms with E-state index in [-0.39, 0.29) is 5.92 Å². The van der Waals surface area contributed by atoms with E-state index in [1.165, 1.54) is 0 Å². The maximum atomic E-state index is 10.2. The van der Waals surface area contributed by atoms with Gasteiger partial charge in [-0.05, 0) is 44.4 Å². The molecular formula is C13H21NO2. The monoisotopic (exact) mass is 223 g/mol. The van der Waals surface area contributed by atoms with E-state index < -0.39 is 0 Å². The second-order valence-corrected chi connectivity index (χ2v) is 4.26. The van der Waals surface area contributed by atoms with Crippen molar-refractivity contribution in [3.8, 4) is 11.5 Å². The molecule has 0 aromatic heterocycles. The highest BCUT2D eigenvalue weighted by atomic mass is 16.5. The normalized spacial score (nSPS) is 12.6. The Bertz CT molecular complexity index is 375. The Morgan fingerprint density at radius 2 is 2.06 bits per heavy atom. The average Bonchev–Trinajstić information content (AvgIpc) is 2.24. The molecule has 0 aliphatic carbocycles. The second-order valence-electron chi connectivity index (χ2n) is 4.26. The number of methoxy groups -OCH3 is 1. The Morgan fingerprint density at radius 3 is 2.56 bits per heavy atom. The number of ether oxygens (including phenoxy) is 1. The molecule has 3 heteroatoms. The number of phenolic OH excluding ortho intramolecular Hbond substituents is 1. The highest BCUT2D eigenvalue weighted by Gasteiger charge is 2.17. The van der Waals surface area contributed by atoms with Crippen molar-refractivity contribution in [3.05, 3.63) is 22.8 Å². The van der Waals surface area contributed by atoms with Gasteiger partial charge in [0.1, 0.15) is 11.5 Å². The molecule has 0 aliphatic heterocycles. The van der Waals surface area contributed by atoms with Crippen LogP contribution in [-0.2, 0) is 0 Å². The van der Waals surface area contributed by atoms with Crippen molar-refractivity contribution >= 4 is 0 Å². The Morgan fingerprint density at radius 1 is 1.44 bits per heavy atom. The summed E-state index contributed by atoms with van der Waals surface area (Å²) in [7, 11) is 1.62. The lowest BCUT2D eigenvalue weighted by Gasteiger charge is -2.19. The van der Waals surface area contributed by atoms with Crippen molar-refractivity contribution in [2.45, 2.75) is 33.1 Å². The highest BCUT2D eigenvalue weighted by Crippen LogP contribution is 2.38. The molecule has 0 saturated heterocycles. The van der Waals surface area contributed by atoms with Crippen molar-refractivity contribution in [1.29, 1.82) is 0 Å². The lowest BCUT2D eigenvalue weighted by molar-refractivity contribution is 0.399. The minimum Gasteiger partial charge on any atom is -0.507 e. The largest absolute Gasteiger partial charge is 0.507 e. The Labute approximate surface area is 97.2 Å². The molecule has 3 N–H and O–H groups in total. The fraction of sp³-hybridized carbons (Fsp3) is 0.538. The van der Waals surface area contributed by atoms with Gasteiger partial charge in [-0.25, -0.2) is 0 Å². The number of rotatable bonds is 4. The van der Waals surface area contributed by atoms with Crippen LogP contribution in [0.25, 0.3) is 0 Å².